The first-order valence-electron chi connectivity index (χ1n) is 1.92. The third kappa shape index (κ3) is 1.08. The molecule has 0 aromatic rings. The van der Waals surface area contributed by atoms with Gasteiger partial charge in [0, 0.05) is 0 Å². The largest absolute Gasteiger partial charge is 0.297 e. The second-order valence-electron chi connectivity index (χ2n) is 1.19. The second-order valence-corrected chi connectivity index (χ2v) is 2.00. The number of allylic oxidation sites excluding steroid dienone is 2. The molecule has 2 nitrogen and oxygen atoms in total. The van der Waals surface area contributed by atoms with Gasteiger partial charge in [-0.05, 0) is 0 Å². The van der Waals surface area contributed by atoms with Crippen molar-refractivity contribution in [2.45, 2.75) is 0 Å². The average molecular weight is 149 g/mol. The van der Waals surface area contributed by atoms with Gasteiger partial charge in [-0.25, -0.2) is 0 Å². The molecule has 1 aliphatic rings. The predicted octanol–water partition coefficient (Wildman–Crippen LogP) is 1.08. The van der Waals surface area contributed by atoms with Crippen molar-refractivity contribution in [3.63, 3.8) is 0 Å². The van der Waals surface area contributed by atoms with Gasteiger partial charge in [-0.3, -0.25) is 0 Å². The van der Waals surface area contributed by atoms with E-state index in [2.05, 4.69) is 10.2 Å². The zero-order valence-electron chi connectivity index (χ0n) is 3.81. The number of hydrogen-bond acceptors (Lipinski definition) is 2. The normalized spacial score (nSPS) is 17.8. The SMILES string of the molecule is ClC1=C(Cl)C=[N+]N=C1. The van der Waals surface area contributed by atoms with E-state index >= 15 is 0 Å². The Morgan fingerprint density at radius 2 is 2.12 bits per heavy atom. The van der Waals surface area contributed by atoms with Crippen LogP contribution in [0.15, 0.2) is 15.2 Å². The average Bonchev–Trinajstić information content (AvgIpc) is 1.77. The Hall–Kier alpha value is -0.340. The molecule has 0 saturated carbocycles. The summed E-state index contributed by atoms with van der Waals surface area (Å²) < 4.78 is 0. The predicted molar refractivity (Wildman–Crippen MR) is 35.4 cm³/mol. The minimum absolute atomic E-state index is 0.432. The van der Waals surface area contributed by atoms with Crippen LogP contribution in [0.3, 0.4) is 0 Å². The van der Waals surface area contributed by atoms with Gasteiger partial charge in [0.05, 0.1) is 10.1 Å². The van der Waals surface area contributed by atoms with Gasteiger partial charge in [0.15, 0.2) is 0 Å². The summed E-state index contributed by atoms with van der Waals surface area (Å²) in [5.74, 6) is 0. The summed E-state index contributed by atoms with van der Waals surface area (Å²) in [4.78, 5) is 0. The summed E-state index contributed by atoms with van der Waals surface area (Å²) in [6.07, 6.45) is 2.79. The summed E-state index contributed by atoms with van der Waals surface area (Å²) in [5, 5.41) is 7.82. The van der Waals surface area contributed by atoms with Crippen LogP contribution in [0.4, 0.5) is 0 Å². The van der Waals surface area contributed by atoms with Crippen LogP contribution >= 0.6 is 23.2 Å². The van der Waals surface area contributed by atoms with Gasteiger partial charge in [-0.2, -0.15) is 0 Å². The van der Waals surface area contributed by atoms with Crippen molar-refractivity contribution in [2.75, 3.05) is 0 Å². The van der Waals surface area contributed by atoms with Crippen LogP contribution in [0.5, 0.6) is 0 Å². The zero-order chi connectivity index (χ0) is 5.98. The molecule has 0 aromatic heterocycles. The van der Waals surface area contributed by atoms with Gasteiger partial charge in [-0.15, -0.1) is 0 Å². The van der Waals surface area contributed by atoms with Crippen LogP contribution in [0.2, 0.25) is 0 Å². The standard InChI is InChI=1S/C4H2Cl2N2/c5-3-1-7-8-2-4(3)6/h1-2H/q+1. The molecule has 0 aliphatic carbocycles. The molecule has 0 bridgehead atoms. The van der Waals surface area contributed by atoms with Gasteiger partial charge in [0.25, 0.3) is 6.21 Å². The van der Waals surface area contributed by atoms with E-state index in [-0.39, 0.29) is 0 Å². The van der Waals surface area contributed by atoms with E-state index in [0.29, 0.717) is 10.1 Å². The molecule has 41 valence electrons. The van der Waals surface area contributed by atoms with E-state index in [1.54, 1.807) is 0 Å². The quantitative estimate of drug-likeness (QED) is 0.492. The van der Waals surface area contributed by atoms with Crippen LogP contribution in [-0.4, -0.2) is 12.4 Å². The first-order valence-corrected chi connectivity index (χ1v) is 2.68. The van der Waals surface area contributed by atoms with Crippen molar-refractivity contribution in [3.8, 4) is 0 Å². The van der Waals surface area contributed by atoms with Crippen LogP contribution in [0, 0.1) is 0 Å². The second kappa shape index (κ2) is 2.29. The van der Waals surface area contributed by atoms with Crippen molar-refractivity contribution in [1.29, 1.82) is 0 Å². The lowest BCUT2D eigenvalue weighted by Crippen LogP contribution is -1.94. The first kappa shape index (κ1) is 5.79. The lowest BCUT2D eigenvalue weighted by atomic mass is 10.5. The van der Waals surface area contributed by atoms with Crippen molar-refractivity contribution in [2.24, 2.45) is 5.10 Å². The Labute approximate surface area is 56.5 Å². The van der Waals surface area contributed by atoms with Gasteiger partial charge >= 0.3 is 0 Å². The molecule has 0 unspecified atom stereocenters. The van der Waals surface area contributed by atoms with Crippen molar-refractivity contribution >= 4 is 35.6 Å². The van der Waals surface area contributed by atoms with Crippen LogP contribution in [-0.2, 0) is 0 Å². The monoisotopic (exact) mass is 148 g/mol. The third-order valence-corrected chi connectivity index (χ3v) is 1.34. The Balaban J connectivity index is 2.97. The highest BCUT2D eigenvalue weighted by Crippen LogP contribution is 2.09. The third-order valence-electron chi connectivity index (χ3n) is 0.637. The fraction of sp³-hybridized carbons (Fsp3) is 0. The number of hydrogen-bond donors (Lipinski definition) is 0. The van der Waals surface area contributed by atoms with Gasteiger partial charge < -0.3 is 0 Å². The Morgan fingerprint density at radius 3 is 2.50 bits per heavy atom. The molecular formula is C4H2Cl2N2+. The molecule has 0 atom stereocenters. The maximum Gasteiger partial charge on any atom is 0.297 e. The maximum atomic E-state index is 5.47. The molecule has 1 heterocycles. The molecule has 0 fully saturated rings. The van der Waals surface area contributed by atoms with Crippen molar-refractivity contribution < 1.29 is 0 Å². The van der Waals surface area contributed by atoms with E-state index in [1.807, 2.05) is 0 Å². The first-order chi connectivity index (χ1) is 3.80. The minimum Gasteiger partial charge on any atom is -0.0805 e. The molecule has 0 amide bonds. The molecule has 1 aliphatic heterocycles. The van der Waals surface area contributed by atoms with Gasteiger partial charge in [0.2, 0.25) is 5.10 Å². The highest BCUT2D eigenvalue weighted by molar-refractivity contribution is 6.51. The summed E-state index contributed by atoms with van der Waals surface area (Å²) in [5.41, 5.74) is 0. The van der Waals surface area contributed by atoms with E-state index in [0.717, 1.165) is 0 Å². The maximum absolute atomic E-state index is 5.47. The van der Waals surface area contributed by atoms with Crippen molar-refractivity contribution in [1.82, 2.24) is 5.10 Å². The highest BCUT2D eigenvalue weighted by atomic mass is 35.5. The molecule has 0 saturated heterocycles. The summed E-state index contributed by atoms with van der Waals surface area (Å²) in [7, 11) is 0. The summed E-state index contributed by atoms with van der Waals surface area (Å²) in [6, 6.07) is 0. The lowest BCUT2D eigenvalue weighted by molar-refractivity contribution is 1.12. The van der Waals surface area contributed by atoms with Crippen LogP contribution < -0.4 is 5.10 Å². The van der Waals surface area contributed by atoms with Gasteiger partial charge in [-0.1, -0.05) is 23.2 Å². The summed E-state index contributed by atoms with van der Waals surface area (Å²) in [6.45, 7) is 0. The Kier molecular flexibility index (Phi) is 1.65. The van der Waals surface area contributed by atoms with E-state index in [9.17, 15) is 0 Å². The molecular weight excluding hydrogens is 147 g/mol. The molecule has 0 N–H and O–H groups in total. The number of nitrogens with zero attached hydrogens (tertiary/aromatic N) is 2. The molecule has 1 radical (unpaired) electrons. The zero-order valence-corrected chi connectivity index (χ0v) is 5.32. The minimum atomic E-state index is 0.432. The smallest absolute Gasteiger partial charge is 0.0805 e. The van der Waals surface area contributed by atoms with Crippen molar-refractivity contribution in [3.05, 3.63) is 10.1 Å². The molecule has 0 spiro atoms. The highest BCUT2D eigenvalue weighted by Gasteiger charge is 2.06. The van der Waals surface area contributed by atoms with E-state index in [1.165, 1.54) is 12.4 Å². The van der Waals surface area contributed by atoms with Crippen LogP contribution in [0.1, 0.15) is 0 Å². The molecule has 1 rings (SSSR count). The molecule has 8 heavy (non-hydrogen) atoms. The van der Waals surface area contributed by atoms with Gasteiger partial charge in [0.1, 0.15) is 11.2 Å². The molecule has 4 heteroatoms. The molecule has 0 aromatic carbocycles. The lowest BCUT2D eigenvalue weighted by Gasteiger charge is -1.83. The fourth-order valence-electron chi connectivity index (χ4n) is 0.291. The number of rotatable bonds is 0. The fourth-order valence-corrected chi connectivity index (χ4v) is 0.476. The van der Waals surface area contributed by atoms with Crippen LogP contribution in [0.25, 0.3) is 0 Å². The Morgan fingerprint density at radius 1 is 1.38 bits per heavy atom. The Bertz CT molecular complexity index is 160. The van der Waals surface area contributed by atoms with E-state index in [4.69, 9.17) is 23.2 Å². The summed E-state index contributed by atoms with van der Waals surface area (Å²) >= 11 is 10.9. The topological polar surface area (TPSA) is 26.5 Å². The number of halogens is 2. The van der Waals surface area contributed by atoms with E-state index < -0.39 is 0 Å².